The molecule has 7 heterocycles. The molecule has 0 bridgehead atoms. The Bertz CT molecular complexity index is 4850. The highest BCUT2D eigenvalue weighted by molar-refractivity contribution is 6.19. The number of nitrogens with zero attached hydrogens (tertiary/aromatic N) is 7. The van der Waals surface area contributed by atoms with Gasteiger partial charge in [-0.25, -0.2) is 9.97 Å². The number of fused-ring (bicyclic) bond motifs is 13. The van der Waals surface area contributed by atoms with Crippen LogP contribution in [0.25, 0.3) is 143 Å². The average Bonchev–Trinajstić information content (AvgIpc) is 4.20. The van der Waals surface area contributed by atoms with Crippen LogP contribution in [0.4, 0.5) is 0 Å². The molecule has 0 atom stereocenters. The predicted molar refractivity (Wildman–Crippen MR) is 306 cm³/mol. The molecule has 74 heavy (non-hydrogen) atoms. The largest absolute Gasteiger partial charge is 0.306 e. The van der Waals surface area contributed by atoms with Gasteiger partial charge in [-0.2, -0.15) is 0 Å². The van der Waals surface area contributed by atoms with Crippen molar-refractivity contribution in [3.05, 3.63) is 249 Å². The second kappa shape index (κ2) is 15.7. The summed E-state index contributed by atoms with van der Waals surface area (Å²) in [5.74, 6) is 0. The van der Waals surface area contributed by atoms with Gasteiger partial charge in [0.25, 0.3) is 0 Å². The van der Waals surface area contributed by atoms with Crippen LogP contribution >= 0.6 is 0 Å². The van der Waals surface area contributed by atoms with Crippen LogP contribution in [0.1, 0.15) is 0 Å². The fraction of sp³-hybridized carbons (Fsp3) is 0. The molecule has 9 aromatic carbocycles. The van der Waals surface area contributed by atoms with Crippen molar-refractivity contribution in [3.8, 4) is 45.0 Å². The third-order valence-corrected chi connectivity index (χ3v) is 15.3. The minimum atomic E-state index is 0.852. The molecule has 0 aliphatic rings. The lowest BCUT2D eigenvalue weighted by molar-refractivity contribution is 1.02. The van der Waals surface area contributed by atoms with Crippen LogP contribution in [0.3, 0.4) is 0 Å². The molecule has 0 N–H and O–H groups in total. The fourth-order valence-electron chi connectivity index (χ4n) is 12.2. The third-order valence-electron chi connectivity index (χ3n) is 15.3. The van der Waals surface area contributed by atoms with Crippen molar-refractivity contribution in [2.24, 2.45) is 0 Å². The first-order chi connectivity index (χ1) is 36.8. The van der Waals surface area contributed by atoms with E-state index in [0.29, 0.717) is 0 Å². The first-order valence-corrected chi connectivity index (χ1v) is 25.1. The average molecular weight is 944 g/mol. The Kier molecular flexibility index (Phi) is 8.61. The van der Waals surface area contributed by atoms with Crippen LogP contribution < -0.4 is 0 Å². The lowest BCUT2D eigenvalue weighted by Gasteiger charge is -2.27. The van der Waals surface area contributed by atoms with Gasteiger partial charge in [-0.1, -0.05) is 146 Å². The zero-order valence-corrected chi connectivity index (χ0v) is 39.8. The van der Waals surface area contributed by atoms with Crippen LogP contribution in [-0.4, -0.2) is 33.2 Å². The third kappa shape index (κ3) is 5.69. The van der Waals surface area contributed by atoms with Gasteiger partial charge >= 0.3 is 0 Å². The van der Waals surface area contributed by atoms with Gasteiger partial charge < -0.3 is 9.13 Å². The molecule has 0 aliphatic carbocycles. The zero-order chi connectivity index (χ0) is 48.4. The Morgan fingerprint density at radius 1 is 0.230 bits per heavy atom. The Hall–Kier alpha value is -10.1. The lowest BCUT2D eigenvalue weighted by Crippen LogP contribution is -2.15. The molecule has 7 aromatic heterocycles. The van der Waals surface area contributed by atoms with Crippen molar-refractivity contribution >= 4 is 98.3 Å². The molecule has 0 saturated carbocycles. The summed E-state index contributed by atoms with van der Waals surface area (Å²) in [5, 5.41) is 11.0. The zero-order valence-electron chi connectivity index (χ0n) is 39.8. The van der Waals surface area contributed by atoms with Gasteiger partial charge in [-0.15, -0.1) is 0 Å². The van der Waals surface area contributed by atoms with Gasteiger partial charge in [-0.3, -0.25) is 14.1 Å². The van der Waals surface area contributed by atoms with Gasteiger partial charge in [0.05, 0.1) is 55.8 Å². The maximum absolute atomic E-state index is 5.36. The number of rotatable bonds is 6. The van der Waals surface area contributed by atoms with E-state index in [1.807, 2.05) is 24.7 Å². The van der Waals surface area contributed by atoms with Gasteiger partial charge in [0.1, 0.15) is 11.3 Å². The van der Waals surface area contributed by atoms with E-state index in [9.17, 15) is 0 Å². The van der Waals surface area contributed by atoms with E-state index in [1.165, 1.54) is 11.1 Å². The van der Waals surface area contributed by atoms with Crippen molar-refractivity contribution in [1.82, 2.24) is 33.2 Å². The van der Waals surface area contributed by atoms with Crippen molar-refractivity contribution in [1.29, 1.82) is 0 Å². The number of aromatic nitrogens is 7. The van der Waals surface area contributed by atoms with E-state index in [0.717, 1.165) is 132 Å². The van der Waals surface area contributed by atoms with E-state index >= 15 is 0 Å². The van der Waals surface area contributed by atoms with E-state index in [4.69, 9.17) is 15.0 Å². The normalized spacial score (nSPS) is 12.1. The molecule has 0 radical (unpaired) electrons. The topological polar surface area (TPSA) is 58.4 Å². The SMILES string of the molecule is c1ccc(-c2ccc3c(c2)c2ccccc2n3-c2c(-n3c4ccccc4c4cccnc43)c(-n3c4ccccc4c4cc(-c5ccccc5)ccc43)c3cnccc3c2-n2c3ccccc3c3cccnc32)cc1. The second-order valence-corrected chi connectivity index (χ2v) is 19.2. The monoisotopic (exact) mass is 943 g/mol. The van der Waals surface area contributed by atoms with Crippen LogP contribution in [-0.2, 0) is 0 Å². The minimum Gasteiger partial charge on any atom is -0.306 e. The maximum Gasteiger partial charge on any atom is 0.145 e. The molecule has 0 aliphatic heterocycles. The fourth-order valence-corrected chi connectivity index (χ4v) is 12.2. The first kappa shape index (κ1) is 40.6. The Morgan fingerprint density at radius 2 is 0.608 bits per heavy atom. The molecule has 16 rings (SSSR count). The molecule has 344 valence electrons. The summed E-state index contributed by atoms with van der Waals surface area (Å²) in [6.07, 6.45) is 7.86. The molecule has 16 aromatic rings. The number of para-hydroxylation sites is 4. The minimum absolute atomic E-state index is 0.852. The lowest BCUT2D eigenvalue weighted by atomic mass is 10.0. The van der Waals surface area contributed by atoms with E-state index in [2.05, 4.69) is 243 Å². The van der Waals surface area contributed by atoms with Crippen LogP contribution in [0.15, 0.2) is 249 Å². The van der Waals surface area contributed by atoms with E-state index < -0.39 is 0 Å². The van der Waals surface area contributed by atoms with Gasteiger partial charge in [0.15, 0.2) is 0 Å². The highest BCUT2D eigenvalue weighted by atomic mass is 15.2. The molecule has 0 spiro atoms. The Balaban J connectivity index is 1.20. The molecule has 0 saturated heterocycles. The van der Waals surface area contributed by atoms with Crippen molar-refractivity contribution < 1.29 is 0 Å². The first-order valence-electron chi connectivity index (χ1n) is 25.1. The summed E-state index contributed by atoms with van der Waals surface area (Å²) in [5.41, 5.74) is 16.7. The number of hydrogen-bond acceptors (Lipinski definition) is 3. The summed E-state index contributed by atoms with van der Waals surface area (Å²) in [6.45, 7) is 0. The van der Waals surface area contributed by atoms with E-state index in [1.54, 1.807) is 0 Å². The molecule has 0 unspecified atom stereocenters. The molecule has 7 heteroatoms. The van der Waals surface area contributed by atoms with Crippen LogP contribution in [0, 0.1) is 0 Å². The highest BCUT2D eigenvalue weighted by Gasteiger charge is 2.32. The van der Waals surface area contributed by atoms with Crippen LogP contribution in [0.5, 0.6) is 0 Å². The van der Waals surface area contributed by atoms with Crippen molar-refractivity contribution in [2.45, 2.75) is 0 Å². The molecule has 7 nitrogen and oxygen atoms in total. The Morgan fingerprint density at radius 3 is 1.12 bits per heavy atom. The van der Waals surface area contributed by atoms with Crippen molar-refractivity contribution in [3.63, 3.8) is 0 Å². The molecule has 0 amide bonds. The summed E-state index contributed by atoms with van der Waals surface area (Å²) < 4.78 is 9.88. The molecule has 0 fully saturated rings. The summed E-state index contributed by atoms with van der Waals surface area (Å²) in [6, 6.07) is 81.2. The predicted octanol–water partition coefficient (Wildman–Crippen LogP) is 16.7. The number of benzene rings is 9. The van der Waals surface area contributed by atoms with E-state index in [-0.39, 0.29) is 0 Å². The summed E-state index contributed by atoms with van der Waals surface area (Å²) in [4.78, 5) is 15.7. The smallest absolute Gasteiger partial charge is 0.145 e. The van der Waals surface area contributed by atoms with Gasteiger partial charge in [0.2, 0.25) is 0 Å². The van der Waals surface area contributed by atoms with Crippen LogP contribution in [0.2, 0.25) is 0 Å². The highest BCUT2D eigenvalue weighted by Crippen LogP contribution is 2.50. The maximum atomic E-state index is 5.36. The molecular weight excluding hydrogens is 903 g/mol. The Labute approximate surface area is 423 Å². The number of pyridine rings is 3. The van der Waals surface area contributed by atoms with Gasteiger partial charge in [-0.05, 0) is 101 Å². The standard InChI is InChI=1S/C67H41N7/c1-3-17-42(18-4-1)44-31-33-60-53(39-44)48-23-9-11-27-56(48)71(60)63-55-41-68-38-35-50(55)62(73-58-29-13-7-21-46(58)51-25-15-36-69-66(51)73)64(65(63)74-59-30-14-8-22-47(59)52-26-16-37-70-67(52)74)72-57-28-12-10-24-49(57)54-40-45(32-34-61(54)72)43-19-5-2-6-20-43/h1-41H. The molecular formula is C67H41N7. The second-order valence-electron chi connectivity index (χ2n) is 19.2. The number of hydrogen-bond donors (Lipinski definition) is 0. The quantitative estimate of drug-likeness (QED) is 0.167. The van der Waals surface area contributed by atoms with Gasteiger partial charge in [0, 0.05) is 78.6 Å². The van der Waals surface area contributed by atoms with Crippen molar-refractivity contribution in [2.75, 3.05) is 0 Å². The summed E-state index contributed by atoms with van der Waals surface area (Å²) in [7, 11) is 0. The summed E-state index contributed by atoms with van der Waals surface area (Å²) >= 11 is 0.